The minimum absolute atomic E-state index is 0.314. The summed E-state index contributed by atoms with van der Waals surface area (Å²) in [6, 6.07) is 8.23. The molecule has 0 aliphatic heterocycles. The van der Waals surface area contributed by atoms with E-state index in [0.717, 1.165) is 25.0 Å². The van der Waals surface area contributed by atoms with Crippen LogP contribution in [0.15, 0.2) is 33.9 Å². The molecular weight excluding hydrogens is 347 g/mol. The van der Waals surface area contributed by atoms with Crippen LogP contribution in [-0.4, -0.2) is 12.7 Å². The maximum Gasteiger partial charge on any atom is 0.0878 e. The summed E-state index contributed by atoms with van der Waals surface area (Å²) in [5, 5.41) is 0. The van der Waals surface area contributed by atoms with Crippen molar-refractivity contribution in [3.63, 3.8) is 0 Å². The highest BCUT2D eigenvalue weighted by Crippen LogP contribution is 2.26. The fraction of sp³-hybridized carbons (Fsp3) is 0.412. The van der Waals surface area contributed by atoms with Crippen LogP contribution in [0, 0.1) is 18.8 Å². The smallest absolute Gasteiger partial charge is 0.0878 e. The van der Waals surface area contributed by atoms with E-state index in [1.54, 1.807) is 0 Å². The highest BCUT2D eigenvalue weighted by atomic mass is 127. The maximum absolute atomic E-state index is 5.89. The van der Waals surface area contributed by atoms with Gasteiger partial charge in [-0.2, -0.15) is 0 Å². The number of halogens is 1. The Kier molecular flexibility index (Phi) is 5.93. The van der Waals surface area contributed by atoms with Crippen LogP contribution in [0.2, 0.25) is 0 Å². The van der Waals surface area contributed by atoms with E-state index in [4.69, 9.17) is 4.74 Å². The topological polar surface area (TPSA) is 9.23 Å². The summed E-state index contributed by atoms with van der Waals surface area (Å²) in [7, 11) is 0. The average molecular weight is 366 g/mol. The Morgan fingerprint density at radius 1 is 1.37 bits per heavy atom. The van der Waals surface area contributed by atoms with Crippen molar-refractivity contribution in [1.29, 1.82) is 0 Å². The minimum Gasteiger partial charge on any atom is -0.372 e. The zero-order valence-electron chi connectivity index (χ0n) is 11.3. The van der Waals surface area contributed by atoms with Crippen molar-refractivity contribution in [1.82, 2.24) is 0 Å². The number of hydrogen-bond acceptors (Lipinski definition) is 1. The summed E-state index contributed by atoms with van der Waals surface area (Å²) in [5.74, 6) is 6.42. The Hall–Kier alpha value is -0.790. The molecule has 0 N–H and O–H groups in total. The molecule has 0 heterocycles. The summed E-state index contributed by atoms with van der Waals surface area (Å²) in [4.78, 5) is 0. The molecule has 0 saturated carbocycles. The Morgan fingerprint density at radius 3 is 3.00 bits per heavy atom. The Labute approximate surface area is 129 Å². The second-order valence-corrected chi connectivity index (χ2v) is 5.99. The van der Waals surface area contributed by atoms with Crippen LogP contribution in [-0.2, 0) is 4.74 Å². The van der Waals surface area contributed by atoms with Crippen LogP contribution >= 0.6 is 22.6 Å². The number of rotatable bonds is 3. The van der Waals surface area contributed by atoms with Gasteiger partial charge in [-0.25, -0.2) is 0 Å². The Balaban J connectivity index is 1.77. The molecule has 0 bridgehead atoms. The van der Waals surface area contributed by atoms with E-state index < -0.39 is 0 Å². The second-order valence-electron chi connectivity index (χ2n) is 4.75. The van der Waals surface area contributed by atoms with Gasteiger partial charge in [0.15, 0.2) is 0 Å². The molecular formula is C17H19IO. The number of ether oxygens (including phenoxy) is 1. The molecule has 0 aromatic heterocycles. The van der Waals surface area contributed by atoms with Crippen molar-refractivity contribution in [2.75, 3.05) is 6.61 Å². The molecule has 100 valence electrons. The fourth-order valence-electron chi connectivity index (χ4n) is 2.10. The lowest BCUT2D eigenvalue weighted by Crippen LogP contribution is -2.16. The number of aryl methyl sites for hydroxylation is 1. The molecule has 19 heavy (non-hydrogen) atoms. The van der Waals surface area contributed by atoms with Crippen molar-refractivity contribution in [2.45, 2.75) is 38.7 Å². The molecule has 0 spiro atoms. The first-order valence-corrected chi connectivity index (χ1v) is 7.87. The van der Waals surface area contributed by atoms with Gasteiger partial charge < -0.3 is 4.74 Å². The lowest BCUT2D eigenvalue weighted by atomic mass is 10.1. The molecule has 1 aliphatic carbocycles. The van der Waals surface area contributed by atoms with Crippen molar-refractivity contribution >= 4 is 22.6 Å². The molecule has 0 saturated heterocycles. The SMILES string of the molecule is Cc1ccccc1C#CCCOC1CCCC=C1I. The molecule has 1 atom stereocenters. The lowest BCUT2D eigenvalue weighted by molar-refractivity contribution is 0.0785. The van der Waals surface area contributed by atoms with E-state index in [-0.39, 0.29) is 0 Å². The van der Waals surface area contributed by atoms with Gasteiger partial charge in [0.25, 0.3) is 0 Å². The van der Waals surface area contributed by atoms with Crippen molar-refractivity contribution in [3.8, 4) is 11.8 Å². The van der Waals surface area contributed by atoms with Crippen LogP contribution in [0.1, 0.15) is 36.8 Å². The summed E-state index contributed by atoms with van der Waals surface area (Å²) in [5.41, 5.74) is 2.36. The lowest BCUT2D eigenvalue weighted by Gasteiger charge is -2.20. The van der Waals surface area contributed by atoms with Crippen molar-refractivity contribution in [3.05, 3.63) is 45.0 Å². The minimum atomic E-state index is 0.314. The summed E-state index contributed by atoms with van der Waals surface area (Å²) in [6.07, 6.45) is 6.99. The third-order valence-electron chi connectivity index (χ3n) is 3.23. The van der Waals surface area contributed by atoms with Gasteiger partial charge in [0.1, 0.15) is 0 Å². The van der Waals surface area contributed by atoms with E-state index >= 15 is 0 Å². The summed E-state index contributed by atoms with van der Waals surface area (Å²) < 4.78 is 7.24. The first kappa shape index (κ1) is 14.6. The molecule has 0 radical (unpaired) electrons. The number of benzene rings is 1. The van der Waals surface area contributed by atoms with E-state index in [2.05, 4.69) is 59.6 Å². The molecule has 0 amide bonds. The quantitative estimate of drug-likeness (QED) is 0.431. The van der Waals surface area contributed by atoms with E-state index in [1.807, 2.05) is 12.1 Å². The molecule has 1 unspecified atom stereocenters. The predicted octanol–water partition coefficient (Wildman–Crippen LogP) is 4.62. The van der Waals surface area contributed by atoms with Gasteiger partial charge in [-0.3, -0.25) is 0 Å². The zero-order chi connectivity index (χ0) is 13.5. The Morgan fingerprint density at radius 2 is 2.21 bits per heavy atom. The van der Waals surface area contributed by atoms with Crippen LogP contribution in [0.5, 0.6) is 0 Å². The van der Waals surface area contributed by atoms with Crippen molar-refractivity contribution in [2.24, 2.45) is 0 Å². The molecule has 2 heteroatoms. The Bertz CT molecular complexity index is 507. The molecule has 1 nitrogen and oxygen atoms in total. The number of hydrogen-bond donors (Lipinski definition) is 0. The molecule has 0 fully saturated rings. The average Bonchev–Trinajstić information content (AvgIpc) is 2.42. The number of allylic oxidation sites excluding steroid dienone is 1. The van der Waals surface area contributed by atoms with E-state index in [1.165, 1.54) is 22.0 Å². The highest BCUT2D eigenvalue weighted by Gasteiger charge is 2.15. The van der Waals surface area contributed by atoms with Crippen LogP contribution < -0.4 is 0 Å². The maximum atomic E-state index is 5.89. The van der Waals surface area contributed by atoms with Gasteiger partial charge in [0, 0.05) is 15.6 Å². The first-order chi connectivity index (χ1) is 9.27. The highest BCUT2D eigenvalue weighted by molar-refractivity contribution is 14.1. The zero-order valence-corrected chi connectivity index (χ0v) is 13.4. The van der Waals surface area contributed by atoms with Crippen molar-refractivity contribution < 1.29 is 4.74 Å². The summed E-state index contributed by atoms with van der Waals surface area (Å²) >= 11 is 2.39. The molecule has 2 rings (SSSR count). The van der Waals surface area contributed by atoms with Crippen LogP contribution in [0.3, 0.4) is 0 Å². The molecule has 1 aromatic rings. The molecule has 1 aromatic carbocycles. The fourth-order valence-corrected chi connectivity index (χ4v) is 2.90. The van der Waals surface area contributed by atoms with Crippen LogP contribution in [0.25, 0.3) is 0 Å². The monoisotopic (exact) mass is 366 g/mol. The predicted molar refractivity (Wildman–Crippen MR) is 88.4 cm³/mol. The van der Waals surface area contributed by atoms with Crippen LogP contribution in [0.4, 0.5) is 0 Å². The van der Waals surface area contributed by atoms with Gasteiger partial charge in [-0.15, -0.1) is 0 Å². The van der Waals surface area contributed by atoms with E-state index in [0.29, 0.717) is 6.10 Å². The molecule has 1 aliphatic rings. The van der Waals surface area contributed by atoms with Gasteiger partial charge in [-0.1, -0.05) is 36.1 Å². The second kappa shape index (κ2) is 7.72. The summed E-state index contributed by atoms with van der Waals surface area (Å²) in [6.45, 7) is 2.82. The third-order valence-corrected chi connectivity index (χ3v) is 4.37. The standard InChI is InChI=1S/C17H19IO/c1-14-8-2-3-9-15(14)10-6-7-13-19-17-12-5-4-11-16(17)18/h2-3,8-9,11,17H,4-5,7,12-13H2,1H3. The third kappa shape index (κ3) is 4.67. The normalized spacial score (nSPS) is 18.4. The largest absolute Gasteiger partial charge is 0.372 e. The van der Waals surface area contributed by atoms with Gasteiger partial charge in [0.05, 0.1) is 12.7 Å². The van der Waals surface area contributed by atoms with E-state index in [9.17, 15) is 0 Å². The first-order valence-electron chi connectivity index (χ1n) is 6.79. The van der Waals surface area contributed by atoms with Gasteiger partial charge >= 0.3 is 0 Å². The van der Waals surface area contributed by atoms with Gasteiger partial charge in [-0.05, 0) is 60.4 Å². The van der Waals surface area contributed by atoms with Gasteiger partial charge in [0.2, 0.25) is 0 Å².